The number of nitrogens with zero attached hydrogens (tertiary/aromatic N) is 3. The molecule has 2 aromatic heterocycles. The maximum atomic E-state index is 12.4. The number of anilines is 1. The first-order valence-corrected chi connectivity index (χ1v) is 12.0. The van der Waals surface area contributed by atoms with Crippen LogP contribution in [0.4, 0.5) is 5.13 Å². The van der Waals surface area contributed by atoms with E-state index < -0.39 is 0 Å². The fourth-order valence-electron chi connectivity index (χ4n) is 2.94. The van der Waals surface area contributed by atoms with E-state index in [2.05, 4.69) is 15.3 Å². The number of carbonyl (C=O) groups excluding carboxylic acids is 1. The summed E-state index contributed by atoms with van der Waals surface area (Å²) in [6.45, 7) is 3.93. The molecule has 0 aliphatic carbocycles. The Morgan fingerprint density at radius 3 is 2.58 bits per heavy atom. The van der Waals surface area contributed by atoms with Crippen molar-refractivity contribution in [3.8, 4) is 16.9 Å². The molecule has 31 heavy (non-hydrogen) atoms. The topological polar surface area (TPSA) is 59.8 Å². The van der Waals surface area contributed by atoms with Crippen LogP contribution in [0.5, 0.6) is 0 Å². The van der Waals surface area contributed by atoms with Gasteiger partial charge in [-0.15, -0.1) is 11.3 Å². The average molecular weight is 489 g/mol. The summed E-state index contributed by atoms with van der Waals surface area (Å²) in [5.41, 5.74) is 4.74. The van der Waals surface area contributed by atoms with Crippen LogP contribution in [0.1, 0.15) is 11.3 Å². The molecule has 0 bridgehead atoms. The third kappa shape index (κ3) is 5.13. The fraction of sp³-hybridized carbons (Fsp3) is 0.136. The minimum absolute atomic E-state index is 0.131. The van der Waals surface area contributed by atoms with Crippen LogP contribution in [0.3, 0.4) is 0 Å². The molecule has 1 N–H and O–H groups in total. The normalized spacial score (nSPS) is 11.0. The van der Waals surface area contributed by atoms with E-state index >= 15 is 0 Å². The van der Waals surface area contributed by atoms with Crippen LogP contribution in [-0.2, 0) is 4.79 Å². The lowest BCUT2D eigenvalue weighted by atomic mass is 10.1. The van der Waals surface area contributed by atoms with Crippen LogP contribution in [0.15, 0.2) is 59.2 Å². The molecule has 0 aliphatic rings. The first-order chi connectivity index (χ1) is 14.9. The van der Waals surface area contributed by atoms with Crippen molar-refractivity contribution in [2.75, 3.05) is 11.1 Å². The number of benzene rings is 2. The molecule has 1 amide bonds. The summed E-state index contributed by atoms with van der Waals surface area (Å²) >= 11 is 15.1. The molecule has 0 saturated heterocycles. The number of rotatable bonds is 6. The highest BCUT2D eigenvalue weighted by molar-refractivity contribution is 7.99. The number of halogens is 2. The van der Waals surface area contributed by atoms with Crippen molar-refractivity contribution in [3.63, 3.8) is 0 Å². The van der Waals surface area contributed by atoms with Crippen molar-refractivity contribution in [2.45, 2.75) is 19.0 Å². The standard InChI is InChI=1S/C22H18Cl2N4OS2/c1-13-3-6-16(7-4-13)28-19(15-5-8-17(23)18(24)9-15)10-25-22(28)31-12-20(29)27-21-26-14(2)11-30-21/h3-11H,12H2,1-2H3,(H,26,27,29). The predicted octanol–water partition coefficient (Wildman–Crippen LogP) is 6.65. The van der Waals surface area contributed by atoms with E-state index in [-0.39, 0.29) is 11.7 Å². The lowest BCUT2D eigenvalue weighted by Crippen LogP contribution is -2.14. The van der Waals surface area contributed by atoms with Gasteiger partial charge in [-0.2, -0.15) is 0 Å². The molecule has 0 saturated carbocycles. The first-order valence-electron chi connectivity index (χ1n) is 9.35. The van der Waals surface area contributed by atoms with Gasteiger partial charge in [0.25, 0.3) is 0 Å². The summed E-state index contributed by atoms with van der Waals surface area (Å²) in [6.07, 6.45) is 1.78. The smallest absolute Gasteiger partial charge is 0.236 e. The molecule has 158 valence electrons. The quantitative estimate of drug-likeness (QED) is 0.308. The number of carbonyl (C=O) groups is 1. The second kappa shape index (κ2) is 9.44. The van der Waals surface area contributed by atoms with Crippen LogP contribution >= 0.6 is 46.3 Å². The molecule has 0 atom stereocenters. The summed E-state index contributed by atoms with van der Waals surface area (Å²) in [4.78, 5) is 21.3. The number of hydrogen-bond donors (Lipinski definition) is 1. The number of hydrogen-bond acceptors (Lipinski definition) is 5. The Morgan fingerprint density at radius 1 is 1.13 bits per heavy atom. The lowest BCUT2D eigenvalue weighted by molar-refractivity contribution is -0.113. The third-order valence-electron chi connectivity index (χ3n) is 4.43. The van der Waals surface area contributed by atoms with Gasteiger partial charge in [-0.25, -0.2) is 9.97 Å². The molecule has 9 heteroatoms. The Bertz CT molecular complexity index is 1230. The maximum Gasteiger partial charge on any atom is 0.236 e. The molecule has 0 aliphatic heterocycles. The summed E-state index contributed by atoms with van der Waals surface area (Å²) < 4.78 is 2.02. The molecule has 4 aromatic rings. The number of imidazole rings is 1. The second-order valence-electron chi connectivity index (χ2n) is 6.86. The van der Waals surface area contributed by atoms with Crippen molar-refractivity contribution >= 4 is 57.3 Å². The zero-order valence-corrected chi connectivity index (χ0v) is 19.9. The summed E-state index contributed by atoms with van der Waals surface area (Å²) in [7, 11) is 0. The number of amides is 1. The van der Waals surface area contributed by atoms with Crippen molar-refractivity contribution < 1.29 is 4.79 Å². The van der Waals surface area contributed by atoms with Crippen molar-refractivity contribution in [3.05, 3.63) is 75.3 Å². The van der Waals surface area contributed by atoms with Crippen LogP contribution in [0, 0.1) is 13.8 Å². The molecule has 5 nitrogen and oxygen atoms in total. The number of thiazole rings is 1. The molecule has 0 spiro atoms. The minimum Gasteiger partial charge on any atom is -0.301 e. The number of aryl methyl sites for hydroxylation is 2. The van der Waals surface area contributed by atoms with Crippen molar-refractivity contribution in [1.29, 1.82) is 0 Å². The Morgan fingerprint density at radius 2 is 1.90 bits per heavy atom. The molecule has 2 aromatic carbocycles. The average Bonchev–Trinajstić information content (AvgIpc) is 3.35. The van der Waals surface area contributed by atoms with Gasteiger partial charge in [0.1, 0.15) is 0 Å². The number of thioether (sulfide) groups is 1. The molecule has 4 rings (SSSR count). The third-order valence-corrected chi connectivity index (χ3v) is 7.00. The zero-order valence-electron chi connectivity index (χ0n) is 16.7. The van der Waals surface area contributed by atoms with Crippen molar-refractivity contribution in [1.82, 2.24) is 14.5 Å². The molecule has 2 heterocycles. The minimum atomic E-state index is -0.131. The van der Waals surface area contributed by atoms with E-state index in [0.717, 1.165) is 28.2 Å². The van der Waals surface area contributed by atoms with Crippen molar-refractivity contribution in [2.24, 2.45) is 0 Å². The fourth-order valence-corrected chi connectivity index (χ4v) is 4.73. The Hall–Kier alpha value is -2.32. The molecule has 0 radical (unpaired) electrons. The first kappa shape index (κ1) is 21.9. The number of aromatic nitrogens is 3. The van der Waals surface area contributed by atoms with Gasteiger partial charge in [0, 0.05) is 16.6 Å². The maximum absolute atomic E-state index is 12.4. The van der Waals surface area contributed by atoms with E-state index in [0.29, 0.717) is 20.3 Å². The van der Waals surface area contributed by atoms with E-state index in [4.69, 9.17) is 23.2 Å². The van der Waals surface area contributed by atoms with Crippen LogP contribution in [-0.4, -0.2) is 26.2 Å². The highest BCUT2D eigenvalue weighted by Crippen LogP contribution is 2.33. The van der Waals surface area contributed by atoms with Gasteiger partial charge in [0.15, 0.2) is 10.3 Å². The van der Waals surface area contributed by atoms with Gasteiger partial charge in [-0.1, -0.05) is 58.7 Å². The second-order valence-corrected chi connectivity index (χ2v) is 9.47. The van der Waals surface area contributed by atoms with E-state index in [1.807, 2.05) is 60.2 Å². The zero-order chi connectivity index (χ0) is 22.0. The number of nitrogens with one attached hydrogen (secondary N) is 1. The predicted molar refractivity (Wildman–Crippen MR) is 130 cm³/mol. The van der Waals surface area contributed by atoms with E-state index in [1.54, 1.807) is 12.3 Å². The van der Waals surface area contributed by atoms with Gasteiger partial charge in [0.2, 0.25) is 5.91 Å². The van der Waals surface area contributed by atoms with Crippen LogP contribution in [0.25, 0.3) is 16.9 Å². The van der Waals surface area contributed by atoms with Gasteiger partial charge in [-0.05, 0) is 38.1 Å². The Labute approximate surface area is 198 Å². The molecular weight excluding hydrogens is 471 g/mol. The summed E-state index contributed by atoms with van der Waals surface area (Å²) in [5.74, 6) is 0.0800. The highest BCUT2D eigenvalue weighted by atomic mass is 35.5. The SMILES string of the molecule is Cc1ccc(-n2c(-c3ccc(Cl)c(Cl)c3)cnc2SCC(=O)Nc2nc(C)cs2)cc1. The summed E-state index contributed by atoms with van der Waals surface area (Å²) in [6, 6.07) is 13.6. The van der Waals surface area contributed by atoms with Crippen LogP contribution in [0.2, 0.25) is 10.0 Å². The molecule has 0 fully saturated rings. The lowest BCUT2D eigenvalue weighted by Gasteiger charge is -2.13. The highest BCUT2D eigenvalue weighted by Gasteiger charge is 2.17. The molecule has 0 unspecified atom stereocenters. The van der Waals surface area contributed by atoms with Crippen LogP contribution < -0.4 is 5.32 Å². The van der Waals surface area contributed by atoms with E-state index in [1.165, 1.54) is 23.1 Å². The van der Waals surface area contributed by atoms with Gasteiger partial charge in [0.05, 0.1) is 33.4 Å². The largest absolute Gasteiger partial charge is 0.301 e. The summed E-state index contributed by atoms with van der Waals surface area (Å²) in [5, 5.41) is 7.00. The van der Waals surface area contributed by atoms with E-state index in [9.17, 15) is 4.79 Å². The monoisotopic (exact) mass is 488 g/mol. The molecular formula is C22H18Cl2N4OS2. The Kier molecular flexibility index (Phi) is 6.67. The van der Waals surface area contributed by atoms with Gasteiger partial charge >= 0.3 is 0 Å². The Balaban J connectivity index is 1.64. The van der Waals surface area contributed by atoms with Gasteiger partial charge < -0.3 is 5.32 Å². The van der Waals surface area contributed by atoms with Gasteiger partial charge in [-0.3, -0.25) is 9.36 Å².